The fraction of sp³-hybridized carbons (Fsp3) is 0.364. The quantitative estimate of drug-likeness (QED) is 0.898. The average Bonchev–Trinajstić information content (AvgIpc) is 2.68. The molecule has 1 atom stereocenters. The van der Waals surface area contributed by atoms with Gasteiger partial charge in [0, 0.05) is 11.4 Å². The van der Waals surface area contributed by atoms with Crippen LogP contribution in [-0.4, -0.2) is 25.3 Å². The van der Waals surface area contributed by atoms with Crippen molar-refractivity contribution in [2.75, 3.05) is 0 Å². The van der Waals surface area contributed by atoms with Gasteiger partial charge < -0.3 is 5.11 Å². The highest BCUT2D eigenvalue weighted by molar-refractivity contribution is 6.31. The molecule has 2 rings (SSSR count). The van der Waals surface area contributed by atoms with Gasteiger partial charge in [-0.1, -0.05) is 23.7 Å². The fourth-order valence-electron chi connectivity index (χ4n) is 1.57. The van der Waals surface area contributed by atoms with Gasteiger partial charge in [0.15, 0.2) is 5.82 Å². The minimum atomic E-state index is -0.643. The van der Waals surface area contributed by atoms with Gasteiger partial charge in [0.1, 0.15) is 0 Å². The lowest BCUT2D eigenvalue weighted by Crippen LogP contribution is -2.04. The third-order valence-corrected chi connectivity index (χ3v) is 2.92. The molecule has 5 nitrogen and oxygen atoms in total. The Morgan fingerprint density at radius 1 is 1.47 bits per heavy atom. The first-order valence-corrected chi connectivity index (χ1v) is 5.61. The van der Waals surface area contributed by atoms with Crippen LogP contribution in [0, 0.1) is 6.92 Å². The van der Waals surface area contributed by atoms with E-state index in [0.29, 0.717) is 17.3 Å². The zero-order chi connectivity index (χ0) is 12.4. The topological polar surface area (TPSA) is 63.8 Å². The number of hydrogen-bond acceptors (Lipinski definition) is 4. The van der Waals surface area contributed by atoms with Crippen LogP contribution in [-0.2, 0) is 13.5 Å². The first-order chi connectivity index (χ1) is 8.06. The number of hydrogen-bond donors (Lipinski definition) is 1. The molecule has 90 valence electrons. The molecular formula is C11H13ClN4O. The van der Waals surface area contributed by atoms with Crippen molar-refractivity contribution >= 4 is 11.6 Å². The van der Waals surface area contributed by atoms with Gasteiger partial charge in [-0.25, -0.2) is 0 Å². The normalized spacial score (nSPS) is 12.7. The van der Waals surface area contributed by atoms with Crippen LogP contribution in [0.4, 0.5) is 0 Å². The SMILES string of the molecule is Cc1cc(C(O)Cc2nnn(C)n2)ccc1Cl. The maximum absolute atomic E-state index is 10.0. The molecule has 0 aliphatic rings. The van der Waals surface area contributed by atoms with Crippen molar-refractivity contribution < 1.29 is 5.11 Å². The van der Waals surface area contributed by atoms with E-state index in [-0.39, 0.29) is 0 Å². The number of tetrazole rings is 1. The fourth-order valence-corrected chi connectivity index (χ4v) is 1.69. The standard InChI is InChI=1S/C11H13ClN4O/c1-7-5-8(3-4-9(7)12)10(17)6-11-13-15-16(2)14-11/h3-5,10,17H,6H2,1-2H3. The van der Waals surface area contributed by atoms with Crippen LogP contribution in [0.3, 0.4) is 0 Å². The number of aryl methyl sites for hydroxylation is 2. The lowest BCUT2D eigenvalue weighted by molar-refractivity contribution is 0.175. The third kappa shape index (κ3) is 2.81. The van der Waals surface area contributed by atoms with E-state index in [1.54, 1.807) is 19.2 Å². The van der Waals surface area contributed by atoms with Crippen molar-refractivity contribution in [3.05, 3.63) is 40.2 Å². The van der Waals surface area contributed by atoms with E-state index >= 15 is 0 Å². The summed E-state index contributed by atoms with van der Waals surface area (Å²) in [6.45, 7) is 1.90. The number of halogens is 1. The smallest absolute Gasteiger partial charge is 0.177 e. The molecule has 1 heterocycles. The molecule has 0 spiro atoms. The molecule has 0 aliphatic carbocycles. The summed E-state index contributed by atoms with van der Waals surface area (Å²) < 4.78 is 0. The second kappa shape index (κ2) is 4.81. The van der Waals surface area contributed by atoms with E-state index in [4.69, 9.17) is 11.6 Å². The Hall–Kier alpha value is -1.46. The van der Waals surface area contributed by atoms with Crippen LogP contribution < -0.4 is 0 Å². The summed E-state index contributed by atoms with van der Waals surface area (Å²) in [5.41, 5.74) is 1.75. The molecular weight excluding hydrogens is 240 g/mol. The van der Waals surface area contributed by atoms with E-state index in [2.05, 4.69) is 15.4 Å². The number of rotatable bonds is 3. The molecule has 0 amide bonds. The van der Waals surface area contributed by atoms with Crippen molar-refractivity contribution in [3.63, 3.8) is 0 Å². The third-order valence-electron chi connectivity index (χ3n) is 2.49. The average molecular weight is 253 g/mol. The summed E-state index contributed by atoms with van der Waals surface area (Å²) in [4.78, 5) is 1.37. The summed E-state index contributed by atoms with van der Waals surface area (Å²) in [7, 11) is 1.69. The summed E-state index contributed by atoms with van der Waals surface area (Å²) in [6, 6.07) is 5.44. The molecule has 0 saturated heterocycles. The van der Waals surface area contributed by atoms with Crippen LogP contribution in [0.5, 0.6) is 0 Å². The van der Waals surface area contributed by atoms with E-state index in [1.807, 2.05) is 13.0 Å². The molecule has 0 saturated carbocycles. The molecule has 0 aliphatic heterocycles. The van der Waals surface area contributed by atoms with Gasteiger partial charge in [-0.05, 0) is 29.3 Å². The van der Waals surface area contributed by atoms with Crippen LogP contribution >= 0.6 is 11.6 Å². The van der Waals surface area contributed by atoms with Gasteiger partial charge in [0.25, 0.3) is 0 Å². The number of nitrogens with zero attached hydrogens (tertiary/aromatic N) is 4. The Balaban J connectivity index is 2.14. The second-order valence-corrected chi connectivity index (χ2v) is 4.33. The van der Waals surface area contributed by atoms with Crippen LogP contribution in [0.1, 0.15) is 23.1 Å². The highest BCUT2D eigenvalue weighted by Crippen LogP contribution is 2.22. The van der Waals surface area contributed by atoms with Gasteiger partial charge in [0.05, 0.1) is 13.2 Å². The Morgan fingerprint density at radius 3 is 2.82 bits per heavy atom. The Morgan fingerprint density at radius 2 is 2.24 bits per heavy atom. The minimum Gasteiger partial charge on any atom is -0.388 e. The van der Waals surface area contributed by atoms with E-state index in [0.717, 1.165) is 11.1 Å². The highest BCUT2D eigenvalue weighted by Gasteiger charge is 2.12. The van der Waals surface area contributed by atoms with Crippen molar-refractivity contribution in [1.29, 1.82) is 0 Å². The molecule has 1 unspecified atom stereocenters. The Labute approximate surface area is 104 Å². The molecule has 17 heavy (non-hydrogen) atoms. The number of aliphatic hydroxyl groups is 1. The maximum Gasteiger partial charge on any atom is 0.177 e. The second-order valence-electron chi connectivity index (χ2n) is 3.92. The summed E-state index contributed by atoms with van der Waals surface area (Å²) in [6.07, 6.45) is -0.301. The first-order valence-electron chi connectivity index (χ1n) is 5.23. The Kier molecular flexibility index (Phi) is 3.40. The van der Waals surface area contributed by atoms with Gasteiger partial charge >= 0.3 is 0 Å². The molecule has 1 N–H and O–H groups in total. The summed E-state index contributed by atoms with van der Waals surface area (Å²) in [5.74, 6) is 0.521. The van der Waals surface area contributed by atoms with E-state index in [1.165, 1.54) is 4.80 Å². The van der Waals surface area contributed by atoms with Gasteiger partial charge in [-0.3, -0.25) is 0 Å². The lowest BCUT2D eigenvalue weighted by Gasteiger charge is -2.10. The predicted molar refractivity (Wildman–Crippen MR) is 63.7 cm³/mol. The molecule has 0 fully saturated rings. The molecule has 0 radical (unpaired) electrons. The predicted octanol–water partition coefficient (Wildman–Crippen LogP) is 1.45. The molecule has 2 aromatic rings. The number of aliphatic hydroxyl groups excluding tert-OH is 1. The Bertz CT molecular complexity index is 526. The molecule has 0 bridgehead atoms. The zero-order valence-electron chi connectivity index (χ0n) is 9.63. The van der Waals surface area contributed by atoms with Crippen LogP contribution in [0.25, 0.3) is 0 Å². The summed E-state index contributed by atoms with van der Waals surface area (Å²) in [5, 5.41) is 22.3. The van der Waals surface area contributed by atoms with Crippen LogP contribution in [0.15, 0.2) is 18.2 Å². The van der Waals surface area contributed by atoms with Crippen LogP contribution in [0.2, 0.25) is 5.02 Å². The molecule has 1 aromatic carbocycles. The number of aromatic nitrogens is 4. The van der Waals surface area contributed by atoms with E-state index in [9.17, 15) is 5.11 Å². The monoisotopic (exact) mass is 252 g/mol. The van der Waals surface area contributed by atoms with Crippen molar-refractivity contribution in [3.8, 4) is 0 Å². The van der Waals surface area contributed by atoms with Crippen molar-refractivity contribution in [1.82, 2.24) is 20.2 Å². The zero-order valence-corrected chi connectivity index (χ0v) is 10.4. The van der Waals surface area contributed by atoms with Gasteiger partial charge in [0.2, 0.25) is 0 Å². The van der Waals surface area contributed by atoms with Crippen molar-refractivity contribution in [2.45, 2.75) is 19.4 Å². The minimum absolute atomic E-state index is 0.342. The number of benzene rings is 1. The summed E-state index contributed by atoms with van der Waals surface area (Å²) >= 11 is 5.93. The largest absolute Gasteiger partial charge is 0.388 e. The van der Waals surface area contributed by atoms with Crippen molar-refractivity contribution in [2.24, 2.45) is 7.05 Å². The maximum atomic E-state index is 10.0. The molecule has 1 aromatic heterocycles. The highest BCUT2D eigenvalue weighted by atomic mass is 35.5. The van der Waals surface area contributed by atoms with Gasteiger partial charge in [-0.15, -0.1) is 10.2 Å². The van der Waals surface area contributed by atoms with E-state index < -0.39 is 6.10 Å². The molecule has 6 heteroatoms. The van der Waals surface area contributed by atoms with Gasteiger partial charge in [-0.2, -0.15) is 4.80 Å². The lowest BCUT2D eigenvalue weighted by atomic mass is 10.0. The first kappa shape index (κ1) is 12.0.